The molecule has 0 radical (unpaired) electrons. The van der Waals surface area contributed by atoms with Crippen LogP contribution in [0.5, 0.6) is 0 Å². The van der Waals surface area contributed by atoms with Crippen molar-refractivity contribution in [1.82, 2.24) is 9.97 Å². The zero-order chi connectivity index (χ0) is 15.2. The smallest absolute Gasteiger partial charge is 0.229 e. The van der Waals surface area contributed by atoms with Gasteiger partial charge >= 0.3 is 0 Å². The van der Waals surface area contributed by atoms with Crippen LogP contribution in [-0.2, 0) is 11.2 Å². The van der Waals surface area contributed by atoms with E-state index in [0.29, 0.717) is 10.8 Å². The Labute approximate surface area is 128 Å². The predicted octanol–water partition coefficient (Wildman–Crippen LogP) is 3.05. The third-order valence-electron chi connectivity index (χ3n) is 2.96. The topological polar surface area (TPSA) is 66.9 Å². The van der Waals surface area contributed by atoms with Gasteiger partial charge in [0.25, 0.3) is 0 Å². The fraction of sp³-hybridized carbons (Fsp3) is 0.267. The van der Waals surface area contributed by atoms with Gasteiger partial charge in [0.05, 0.1) is 12.1 Å². The van der Waals surface area contributed by atoms with Crippen molar-refractivity contribution in [2.24, 2.45) is 0 Å². The highest BCUT2D eigenvalue weighted by molar-refractivity contribution is 6.32. The van der Waals surface area contributed by atoms with Crippen molar-refractivity contribution in [2.45, 2.75) is 20.3 Å². The molecule has 2 aromatic heterocycles. The number of halogens is 1. The number of hydrogen-bond donors (Lipinski definition) is 2. The van der Waals surface area contributed by atoms with Crippen molar-refractivity contribution in [3.05, 3.63) is 46.9 Å². The number of pyridine rings is 2. The summed E-state index contributed by atoms with van der Waals surface area (Å²) in [6.07, 6.45) is 3.53. The molecule has 0 saturated heterocycles. The van der Waals surface area contributed by atoms with Gasteiger partial charge in [0.2, 0.25) is 5.91 Å². The molecule has 0 aromatic carbocycles. The highest BCUT2D eigenvalue weighted by Crippen LogP contribution is 2.23. The lowest BCUT2D eigenvalue weighted by Crippen LogP contribution is -2.17. The maximum atomic E-state index is 12.2. The van der Waals surface area contributed by atoms with E-state index >= 15 is 0 Å². The maximum absolute atomic E-state index is 12.2. The monoisotopic (exact) mass is 304 g/mol. The number of aromatic nitrogens is 2. The van der Waals surface area contributed by atoms with Gasteiger partial charge in [-0.3, -0.25) is 4.79 Å². The molecule has 0 spiro atoms. The highest BCUT2D eigenvalue weighted by Gasteiger charge is 2.12. The zero-order valence-corrected chi connectivity index (χ0v) is 12.7. The Kier molecular flexibility index (Phi) is 5.11. The Morgan fingerprint density at radius 1 is 1.29 bits per heavy atom. The Bertz CT molecular complexity index is 625. The molecule has 2 aromatic rings. The van der Waals surface area contributed by atoms with Crippen LogP contribution in [0.4, 0.5) is 11.5 Å². The van der Waals surface area contributed by atoms with Gasteiger partial charge in [-0.15, -0.1) is 0 Å². The van der Waals surface area contributed by atoms with Crippen LogP contribution in [0.3, 0.4) is 0 Å². The fourth-order valence-corrected chi connectivity index (χ4v) is 2.19. The van der Waals surface area contributed by atoms with Crippen molar-refractivity contribution < 1.29 is 4.79 Å². The number of rotatable bonds is 5. The van der Waals surface area contributed by atoms with Gasteiger partial charge in [-0.1, -0.05) is 17.7 Å². The van der Waals surface area contributed by atoms with Crippen molar-refractivity contribution in [2.75, 3.05) is 17.2 Å². The van der Waals surface area contributed by atoms with Crippen LogP contribution in [0, 0.1) is 6.92 Å². The molecule has 0 aliphatic heterocycles. The molecule has 0 aliphatic rings. The SMILES string of the molecule is CCNc1ncccc1CC(=O)Nc1c(C)ccnc1Cl. The lowest BCUT2D eigenvalue weighted by atomic mass is 10.1. The van der Waals surface area contributed by atoms with E-state index in [1.807, 2.05) is 26.0 Å². The number of amides is 1. The first-order chi connectivity index (χ1) is 10.1. The summed E-state index contributed by atoms with van der Waals surface area (Å²) in [5.41, 5.74) is 2.27. The van der Waals surface area contributed by atoms with Crippen LogP contribution in [0.2, 0.25) is 5.15 Å². The molecular weight excluding hydrogens is 288 g/mol. The molecule has 2 heterocycles. The molecule has 0 atom stereocenters. The number of nitrogens with zero attached hydrogens (tertiary/aromatic N) is 2. The van der Waals surface area contributed by atoms with Gasteiger partial charge in [0.1, 0.15) is 5.82 Å². The second kappa shape index (κ2) is 7.04. The minimum atomic E-state index is -0.153. The van der Waals surface area contributed by atoms with Gasteiger partial charge in [-0.05, 0) is 31.5 Å². The molecule has 2 N–H and O–H groups in total. The molecule has 0 bridgehead atoms. The summed E-state index contributed by atoms with van der Waals surface area (Å²) in [5.74, 6) is 0.573. The normalized spacial score (nSPS) is 10.2. The van der Waals surface area contributed by atoms with E-state index in [4.69, 9.17) is 11.6 Å². The lowest BCUT2D eigenvalue weighted by Gasteiger charge is -2.11. The van der Waals surface area contributed by atoms with Gasteiger partial charge in [-0.25, -0.2) is 9.97 Å². The van der Waals surface area contributed by atoms with E-state index in [-0.39, 0.29) is 12.3 Å². The first kappa shape index (κ1) is 15.3. The van der Waals surface area contributed by atoms with E-state index in [1.54, 1.807) is 18.5 Å². The molecule has 0 aliphatic carbocycles. The molecule has 1 amide bonds. The molecule has 0 fully saturated rings. The van der Waals surface area contributed by atoms with Gasteiger partial charge in [-0.2, -0.15) is 0 Å². The van der Waals surface area contributed by atoms with Crippen LogP contribution >= 0.6 is 11.6 Å². The Hall–Kier alpha value is -2.14. The molecule has 6 heteroatoms. The van der Waals surface area contributed by atoms with E-state index in [0.717, 1.165) is 23.5 Å². The summed E-state index contributed by atoms with van der Waals surface area (Å²) >= 11 is 6.01. The average Bonchev–Trinajstić information content (AvgIpc) is 2.45. The second-order valence-corrected chi connectivity index (χ2v) is 4.92. The van der Waals surface area contributed by atoms with Crippen molar-refractivity contribution in [3.63, 3.8) is 0 Å². The standard InChI is InChI=1S/C15H17ClN4O/c1-3-17-15-11(5-4-7-19-15)9-12(21)20-13-10(2)6-8-18-14(13)16/h4-8H,3,9H2,1-2H3,(H,17,19)(H,20,21). The summed E-state index contributed by atoms with van der Waals surface area (Å²) in [7, 11) is 0. The van der Waals surface area contributed by atoms with Gasteiger partial charge in [0, 0.05) is 24.5 Å². The molecule has 0 unspecified atom stereocenters. The Balaban J connectivity index is 2.12. The minimum Gasteiger partial charge on any atom is -0.370 e. The summed E-state index contributed by atoms with van der Waals surface area (Å²) in [5, 5.41) is 6.24. The first-order valence-corrected chi connectivity index (χ1v) is 7.08. The van der Waals surface area contributed by atoms with E-state index in [1.165, 1.54) is 0 Å². The molecular formula is C15H17ClN4O. The third-order valence-corrected chi connectivity index (χ3v) is 3.25. The van der Waals surface area contributed by atoms with Crippen LogP contribution in [0.1, 0.15) is 18.1 Å². The molecule has 0 saturated carbocycles. The molecule has 110 valence electrons. The van der Waals surface area contributed by atoms with Gasteiger partial charge < -0.3 is 10.6 Å². The minimum absolute atomic E-state index is 0.153. The number of carbonyl (C=O) groups excluding carboxylic acids is 1. The average molecular weight is 305 g/mol. The highest BCUT2D eigenvalue weighted by atomic mass is 35.5. The number of nitrogens with one attached hydrogen (secondary N) is 2. The van der Waals surface area contributed by atoms with Crippen molar-refractivity contribution >= 4 is 29.0 Å². The summed E-state index contributed by atoms with van der Waals surface area (Å²) in [6, 6.07) is 5.49. The van der Waals surface area contributed by atoms with Crippen LogP contribution in [0.15, 0.2) is 30.6 Å². The van der Waals surface area contributed by atoms with E-state index in [9.17, 15) is 4.79 Å². The predicted molar refractivity (Wildman–Crippen MR) is 84.7 cm³/mol. The number of aryl methyl sites for hydroxylation is 1. The van der Waals surface area contributed by atoms with Crippen LogP contribution < -0.4 is 10.6 Å². The number of carbonyl (C=O) groups is 1. The number of anilines is 2. The largest absolute Gasteiger partial charge is 0.370 e. The Morgan fingerprint density at radius 2 is 2.10 bits per heavy atom. The molecule has 2 rings (SSSR count). The van der Waals surface area contributed by atoms with Gasteiger partial charge in [0.15, 0.2) is 5.15 Å². The van der Waals surface area contributed by atoms with Crippen molar-refractivity contribution in [3.8, 4) is 0 Å². The summed E-state index contributed by atoms with van der Waals surface area (Å²) < 4.78 is 0. The first-order valence-electron chi connectivity index (χ1n) is 6.70. The zero-order valence-electron chi connectivity index (χ0n) is 12.0. The number of hydrogen-bond acceptors (Lipinski definition) is 4. The second-order valence-electron chi connectivity index (χ2n) is 4.56. The maximum Gasteiger partial charge on any atom is 0.229 e. The summed E-state index contributed by atoms with van der Waals surface area (Å²) in [4.78, 5) is 20.4. The van der Waals surface area contributed by atoms with E-state index < -0.39 is 0 Å². The molecule has 5 nitrogen and oxygen atoms in total. The quantitative estimate of drug-likeness (QED) is 0.833. The third kappa shape index (κ3) is 3.92. The summed E-state index contributed by atoms with van der Waals surface area (Å²) in [6.45, 7) is 4.60. The molecule has 21 heavy (non-hydrogen) atoms. The van der Waals surface area contributed by atoms with Crippen molar-refractivity contribution in [1.29, 1.82) is 0 Å². The lowest BCUT2D eigenvalue weighted by molar-refractivity contribution is -0.115. The van der Waals surface area contributed by atoms with Crippen LogP contribution in [0.25, 0.3) is 0 Å². The van der Waals surface area contributed by atoms with Crippen LogP contribution in [-0.4, -0.2) is 22.4 Å². The fourth-order valence-electron chi connectivity index (χ4n) is 1.94. The van der Waals surface area contributed by atoms with E-state index in [2.05, 4.69) is 20.6 Å². The Morgan fingerprint density at radius 3 is 2.81 bits per heavy atom.